The van der Waals surface area contributed by atoms with E-state index in [2.05, 4.69) is 6.07 Å². The number of aromatic nitrogens is 2. The van der Waals surface area contributed by atoms with Crippen molar-refractivity contribution >= 4 is 22.6 Å². The number of halogens is 1. The molecule has 114 valence electrons. The van der Waals surface area contributed by atoms with Gasteiger partial charge in [0, 0.05) is 5.02 Å². The Bertz CT molecular complexity index is 768. The largest absolute Gasteiger partial charge is 0.491 e. The Morgan fingerprint density at radius 3 is 2.68 bits per heavy atom. The van der Waals surface area contributed by atoms with Crippen molar-refractivity contribution in [2.24, 2.45) is 7.05 Å². The topological polar surface area (TPSA) is 38.3 Å². The number of aryl methyl sites for hydroxylation is 1. The van der Waals surface area contributed by atoms with Crippen molar-refractivity contribution in [3.05, 3.63) is 59.9 Å². The maximum absolute atomic E-state index is 10.2. The lowest BCUT2D eigenvalue weighted by Crippen LogP contribution is -2.27. The summed E-state index contributed by atoms with van der Waals surface area (Å²) in [5, 5.41) is 10.9. The van der Waals surface area contributed by atoms with Gasteiger partial charge in [0.15, 0.2) is 11.0 Å². The van der Waals surface area contributed by atoms with Crippen LogP contribution in [0.25, 0.3) is 11.0 Å². The van der Waals surface area contributed by atoms with E-state index in [-0.39, 0.29) is 6.61 Å². The molecule has 2 aromatic carbocycles. The van der Waals surface area contributed by atoms with Crippen LogP contribution in [0, 0.1) is 0 Å². The molecule has 0 saturated carbocycles. The maximum atomic E-state index is 10.2. The Kier molecular flexibility index (Phi) is 4.32. The van der Waals surface area contributed by atoms with Crippen molar-refractivity contribution < 1.29 is 14.4 Å². The number of para-hydroxylation sites is 2. The minimum Gasteiger partial charge on any atom is -0.491 e. The third-order valence-corrected chi connectivity index (χ3v) is 3.80. The number of rotatable bonds is 5. The van der Waals surface area contributed by atoms with E-state index in [0.29, 0.717) is 17.3 Å². The van der Waals surface area contributed by atoms with Crippen molar-refractivity contribution in [2.75, 3.05) is 6.61 Å². The maximum Gasteiger partial charge on any atom is 0.244 e. The van der Waals surface area contributed by atoms with Gasteiger partial charge in [0.25, 0.3) is 0 Å². The van der Waals surface area contributed by atoms with Crippen LogP contribution < -0.4 is 9.30 Å². The molecule has 22 heavy (non-hydrogen) atoms. The fourth-order valence-corrected chi connectivity index (χ4v) is 2.61. The van der Waals surface area contributed by atoms with Gasteiger partial charge in [-0.15, -0.1) is 0 Å². The molecular weight excluding hydrogens is 300 g/mol. The van der Waals surface area contributed by atoms with Gasteiger partial charge in [0.05, 0.1) is 7.05 Å². The van der Waals surface area contributed by atoms with Crippen LogP contribution in [0.5, 0.6) is 5.75 Å². The molecule has 3 aromatic rings. The fraction of sp³-hybridized carbons (Fsp3) is 0.235. The lowest BCUT2D eigenvalue weighted by molar-refractivity contribution is -0.645. The van der Waals surface area contributed by atoms with E-state index in [4.69, 9.17) is 16.3 Å². The molecule has 0 fully saturated rings. The Balaban J connectivity index is 1.65. The molecule has 0 saturated heterocycles. The summed E-state index contributed by atoms with van der Waals surface area (Å²) < 4.78 is 9.66. The van der Waals surface area contributed by atoms with E-state index in [0.717, 1.165) is 11.0 Å². The van der Waals surface area contributed by atoms with Crippen LogP contribution in [0.4, 0.5) is 0 Å². The smallest absolute Gasteiger partial charge is 0.244 e. The summed E-state index contributed by atoms with van der Waals surface area (Å²) >= 11 is 5.83. The van der Waals surface area contributed by atoms with Gasteiger partial charge in [0.1, 0.15) is 25.0 Å². The monoisotopic (exact) mass is 317 g/mol. The zero-order valence-corrected chi connectivity index (χ0v) is 13.1. The van der Waals surface area contributed by atoms with E-state index in [1.807, 2.05) is 40.7 Å². The molecule has 1 atom stereocenters. The molecule has 4 nitrogen and oxygen atoms in total. The minimum absolute atomic E-state index is 0.234. The first-order chi connectivity index (χ1) is 10.6. The van der Waals surface area contributed by atoms with Gasteiger partial charge in [-0.2, -0.15) is 0 Å². The van der Waals surface area contributed by atoms with Crippen molar-refractivity contribution in [1.29, 1.82) is 0 Å². The molecule has 0 aliphatic rings. The first-order valence-corrected chi connectivity index (χ1v) is 7.51. The summed E-state index contributed by atoms with van der Waals surface area (Å²) in [4.78, 5) is 0. The van der Waals surface area contributed by atoms with E-state index < -0.39 is 6.10 Å². The molecule has 1 heterocycles. The van der Waals surface area contributed by atoms with Crippen LogP contribution in [0.15, 0.2) is 54.9 Å². The Morgan fingerprint density at radius 1 is 1.18 bits per heavy atom. The zero-order chi connectivity index (χ0) is 15.5. The number of benzene rings is 2. The number of nitrogens with zero attached hydrogens (tertiary/aromatic N) is 2. The van der Waals surface area contributed by atoms with E-state index in [1.54, 1.807) is 24.3 Å². The third kappa shape index (κ3) is 3.24. The number of aliphatic hydroxyl groups is 1. The van der Waals surface area contributed by atoms with Gasteiger partial charge in [-0.05, 0) is 36.4 Å². The number of imidazole rings is 1. The van der Waals surface area contributed by atoms with Crippen molar-refractivity contribution in [2.45, 2.75) is 12.6 Å². The predicted molar refractivity (Wildman–Crippen MR) is 86.1 cm³/mol. The van der Waals surface area contributed by atoms with Crippen LogP contribution in [0.1, 0.15) is 0 Å². The summed E-state index contributed by atoms with van der Waals surface area (Å²) in [5.74, 6) is 0.700. The zero-order valence-electron chi connectivity index (χ0n) is 12.3. The van der Waals surface area contributed by atoms with Crippen LogP contribution in [-0.2, 0) is 13.6 Å². The summed E-state index contributed by atoms with van der Waals surface area (Å²) in [7, 11) is 2.00. The lowest BCUT2D eigenvalue weighted by Gasteiger charge is -2.11. The summed E-state index contributed by atoms with van der Waals surface area (Å²) in [6.07, 6.45) is 1.39. The lowest BCUT2D eigenvalue weighted by atomic mass is 10.3. The van der Waals surface area contributed by atoms with Crippen molar-refractivity contribution in [1.82, 2.24) is 4.57 Å². The second-order valence-electron chi connectivity index (χ2n) is 5.29. The van der Waals surface area contributed by atoms with Crippen molar-refractivity contribution in [3.8, 4) is 5.75 Å². The number of hydrogen-bond donors (Lipinski definition) is 1. The highest BCUT2D eigenvalue weighted by molar-refractivity contribution is 6.30. The van der Waals surface area contributed by atoms with Gasteiger partial charge in [-0.25, -0.2) is 9.13 Å². The number of fused-ring (bicyclic) bond motifs is 1. The molecule has 1 N–H and O–H groups in total. The molecule has 0 unspecified atom stereocenters. The first kappa shape index (κ1) is 14.9. The molecule has 5 heteroatoms. The SMILES string of the molecule is C[n+]1cn(C[C@@H](O)COc2ccc(Cl)cc2)c2ccccc21. The highest BCUT2D eigenvalue weighted by Crippen LogP contribution is 2.16. The third-order valence-electron chi connectivity index (χ3n) is 3.55. The molecule has 0 bridgehead atoms. The van der Waals surface area contributed by atoms with Gasteiger partial charge in [0.2, 0.25) is 6.33 Å². The summed E-state index contributed by atoms with van der Waals surface area (Å²) in [6, 6.07) is 15.2. The molecule has 0 aliphatic carbocycles. The molecule has 0 aliphatic heterocycles. The van der Waals surface area contributed by atoms with Crippen LogP contribution in [0.3, 0.4) is 0 Å². The number of aliphatic hydroxyl groups excluding tert-OH is 1. The normalized spacial score (nSPS) is 12.5. The molecule has 0 amide bonds. The molecule has 3 rings (SSSR count). The van der Waals surface area contributed by atoms with Gasteiger partial charge in [-0.3, -0.25) is 0 Å². The van der Waals surface area contributed by atoms with Crippen molar-refractivity contribution in [3.63, 3.8) is 0 Å². The second-order valence-corrected chi connectivity index (χ2v) is 5.72. The van der Waals surface area contributed by atoms with E-state index >= 15 is 0 Å². The Morgan fingerprint density at radius 2 is 1.91 bits per heavy atom. The van der Waals surface area contributed by atoms with Gasteiger partial charge in [-0.1, -0.05) is 23.7 Å². The van der Waals surface area contributed by atoms with Gasteiger partial charge < -0.3 is 9.84 Å². The molecule has 0 radical (unpaired) electrons. The average Bonchev–Trinajstić information content (AvgIpc) is 2.83. The minimum atomic E-state index is -0.591. The number of hydrogen-bond acceptors (Lipinski definition) is 2. The molecule has 0 spiro atoms. The highest BCUT2D eigenvalue weighted by Gasteiger charge is 2.16. The Labute approximate surface area is 134 Å². The van der Waals surface area contributed by atoms with E-state index in [9.17, 15) is 5.11 Å². The second kappa shape index (κ2) is 6.38. The van der Waals surface area contributed by atoms with Crippen LogP contribution in [0.2, 0.25) is 5.02 Å². The predicted octanol–water partition coefficient (Wildman–Crippen LogP) is 2.56. The average molecular weight is 318 g/mol. The van der Waals surface area contributed by atoms with Gasteiger partial charge >= 0.3 is 0 Å². The Hall–Kier alpha value is -2.04. The molecule has 1 aromatic heterocycles. The highest BCUT2D eigenvalue weighted by atomic mass is 35.5. The van der Waals surface area contributed by atoms with Crippen LogP contribution in [-0.4, -0.2) is 22.4 Å². The summed E-state index contributed by atoms with van der Waals surface area (Å²) in [5.41, 5.74) is 2.23. The standard InChI is InChI=1S/C17H18ClN2O2/c1-19-12-20(17-5-3-2-4-16(17)19)10-14(21)11-22-15-8-6-13(18)7-9-15/h2-9,12,14,21H,10-11H2,1H3/q+1/t14-/m1/s1. The molecular formula is C17H18ClN2O2+. The van der Waals surface area contributed by atoms with E-state index in [1.165, 1.54) is 0 Å². The fourth-order valence-electron chi connectivity index (χ4n) is 2.49. The first-order valence-electron chi connectivity index (χ1n) is 7.13. The quantitative estimate of drug-likeness (QED) is 0.735. The summed E-state index contributed by atoms with van der Waals surface area (Å²) in [6.45, 7) is 0.715. The van der Waals surface area contributed by atoms with Crippen LogP contribution >= 0.6 is 11.6 Å². The number of ether oxygens (including phenoxy) is 1.